The van der Waals surface area contributed by atoms with Gasteiger partial charge in [0.05, 0.1) is 11.4 Å². The average molecular weight is 334 g/mol. The number of carbonyl (C=O) groups excluding carboxylic acids is 2. The van der Waals surface area contributed by atoms with E-state index in [2.05, 4.69) is 10.5 Å². The number of amides is 3. The molecule has 0 bridgehead atoms. The van der Waals surface area contributed by atoms with E-state index in [1.165, 1.54) is 4.90 Å². The highest BCUT2D eigenvalue weighted by Crippen LogP contribution is 2.52. The van der Waals surface area contributed by atoms with Gasteiger partial charge >= 0.3 is 6.03 Å². The van der Waals surface area contributed by atoms with Gasteiger partial charge < -0.3 is 10.2 Å². The Bertz CT molecular complexity index is 718. The van der Waals surface area contributed by atoms with Crippen LogP contribution in [0.15, 0.2) is 29.4 Å². The quantitative estimate of drug-likeness (QED) is 0.864. The lowest BCUT2D eigenvalue weighted by Gasteiger charge is -2.14. The largest absolute Gasteiger partial charge is 0.392 e. The average Bonchev–Trinajstić information content (AvgIpc) is 2.96. The van der Waals surface area contributed by atoms with E-state index in [-0.39, 0.29) is 17.9 Å². The maximum absolute atomic E-state index is 12.8. The first-order chi connectivity index (χ1) is 11.0. The second-order valence-electron chi connectivity index (χ2n) is 6.19. The Kier molecular flexibility index (Phi) is 3.13. The van der Waals surface area contributed by atoms with Crippen LogP contribution >= 0.6 is 11.6 Å². The van der Waals surface area contributed by atoms with Gasteiger partial charge in [0.1, 0.15) is 11.6 Å². The van der Waals surface area contributed by atoms with Crippen LogP contribution in [0.3, 0.4) is 0 Å². The van der Waals surface area contributed by atoms with Gasteiger partial charge in [0, 0.05) is 17.4 Å². The topological polar surface area (TPSA) is 71.0 Å². The molecule has 1 aromatic rings. The number of nitrogens with one attached hydrogen (secondary N) is 1. The fraction of sp³-hybridized carbons (Fsp3) is 0.438. The summed E-state index contributed by atoms with van der Waals surface area (Å²) < 4.78 is 0. The monoisotopic (exact) mass is 333 g/mol. The van der Waals surface area contributed by atoms with E-state index in [0.29, 0.717) is 17.1 Å². The number of carbonyl (C=O) groups is 2. The zero-order chi connectivity index (χ0) is 16.2. The second-order valence-corrected chi connectivity index (χ2v) is 6.62. The molecule has 120 valence electrons. The molecule has 7 heteroatoms. The number of halogens is 1. The Morgan fingerprint density at radius 3 is 2.78 bits per heavy atom. The van der Waals surface area contributed by atoms with Crippen LogP contribution < -0.4 is 10.2 Å². The number of urea groups is 1. The Balaban J connectivity index is 1.54. The first-order valence-corrected chi connectivity index (χ1v) is 8.07. The molecule has 1 spiro atoms. The summed E-state index contributed by atoms with van der Waals surface area (Å²) in [5.74, 6) is -0.243. The van der Waals surface area contributed by atoms with Gasteiger partial charge in [-0.05, 0) is 37.1 Å². The zero-order valence-corrected chi connectivity index (χ0v) is 13.3. The molecule has 2 aliphatic heterocycles. The van der Waals surface area contributed by atoms with Gasteiger partial charge in [-0.15, -0.1) is 0 Å². The first kappa shape index (κ1) is 14.5. The first-order valence-electron chi connectivity index (χ1n) is 7.69. The summed E-state index contributed by atoms with van der Waals surface area (Å²) in [6.07, 6.45) is 2.04. The fourth-order valence-electron chi connectivity index (χ4n) is 3.42. The Labute approximate surface area is 138 Å². The molecule has 23 heavy (non-hydrogen) atoms. The van der Waals surface area contributed by atoms with Crippen molar-refractivity contribution in [3.05, 3.63) is 29.3 Å². The van der Waals surface area contributed by atoms with Gasteiger partial charge in [0.15, 0.2) is 0 Å². The molecular weight excluding hydrogens is 318 g/mol. The summed E-state index contributed by atoms with van der Waals surface area (Å²) in [6, 6.07) is 6.26. The minimum atomic E-state index is -0.833. The fourth-order valence-corrected chi connectivity index (χ4v) is 3.54. The zero-order valence-electron chi connectivity index (χ0n) is 12.6. The smallest absolute Gasteiger partial charge is 0.329 e. The number of nitrogens with zero attached hydrogens (tertiary/aromatic N) is 2. The Hall–Kier alpha value is -2.08. The molecule has 2 fully saturated rings. The molecule has 1 saturated carbocycles. The molecule has 3 atom stereocenters. The van der Waals surface area contributed by atoms with Crippen LogP contribution in [0, 0.1) is 5.92 Å². The lowest BCUT2D eigenvalue weighted by Crippen LogP contribution is -2.37. The summed E-state index contributed by atoms with van der Waals surface area (Å²) in [5, 5.41) is 7.46. The normalized spacial score (nSPS) is 32.1. The van der Waals surface area contributed by atoms with Gasteiger partial charge in [0.2, 0.25) is 0 Å². The number of hydrogen-bond acceptors (Lipinski definition) is 4. The van der Waals surface area contributed by atoms with Crippen LogP contribution in [0.2, 0.25) is 5.02 Å². The van der Waals surface area contributed by atoms with E-state index >= 15 is 0 Å². The highest BCUT2D eigenvalue weighted by molar-refractivity contribution is 6.31. The van der Waals surface area contributed by atoms with Gasteiger partial charge in [-0.3, -0.25) is 4.79 Å². The molecule has 6 nitrogen and oxygen atoms in total. The van der Waals surface area contributed by atoms with Crippen molar-refractivity contribution in [2.24, 2.45) is 11.1 Å². The predicted octanol–water partition coefficient (Wildman–Crippen LogP) is 2.71. The summed E-state index contributed by atoms with van der Waals surface area (Å²) >= 11 is 5.86. The summed E-state index contributed by atoms with van der Waals surface area (Å²) in [4.78, 5) is 31.8. The summed E-state index contributed by atoms with van der Waals surface area (Å²) in [5.41, 5.74) is 0.695. The van der Waals surface area contributed by atoms with Crippen LogP contribution in [0.25, 0.3) is 0 Å². The number of anilines is 1. The van der Waals surface area contributed by atoms with E-state index in [1.807, 2.05) is 6.92 Å². The van der Waals surface area contributed by atoms with Crippen LogP contribution in [0.4, 0.5) is 10.5 Å². The van der Waals surface area contributed by atoms with Gasteiger partial charge in [-0.1, -0.05) is 23.7 Å². The molecule has 2 heterocycles. The standard InChI is InChI=1S/C16H16ClN3O3/c1-2-10-7-13(23-19-10)12-8-16(12)14(21)20(15(22)18-16)11-5-3-9(17)4-6-11/h3-6,12-13H,2,7-8H2,1H3,(H,18,22)/t12-,13-,16+/m0/s1. The molecule has 1 aliphatic carbocycles. The lowest BCUT2D eigenvalue weighted by molar-refractivity contribution is -0.120. The van der Waals surface area contributed by atoms with Crippen molar-refractivity contribution in [3.8, 4) is 0 Å². The minimum Gasteiger partial charge on any atom is -0.392 e. The van der Waals surface area contributed by atoms with E-state index in [1.54, 1.807) is 24.3 Å². The molecule has 0 radical (unpaired) electrons. The third-order valence-corrected chi connectivity index (χ3v) is 5.08. The van der Waals surface area contributed by atoms with Crippen LogP contribution in [-0.2, 0) is 9.63 Å². The van der Waals surface area contributed by atoms with Crippen molar-refractivity contribution in [2.75, 3.05) is 4.90 Å². The molecular formula is C16H16ClN3O3. The maximum atomic E-state index is 12.8. The molecule has 0 aromatic heterocycles. The number of hydrogen-bond donors (Lipinski definition) is 1. The highest BCUT2D eigenvalue weighted by atomic mass is 35.5. The van der Waals surface area contributed by atoms with Gasteiger partial charge in [0.25, 0.3) is 5.91 Å². The van der Waals surface area contributed by atoms with Crippen molar-refractivity contribution >= 4 is 34.9 Å². The summed E-state index contributed by atoms with van der Waals surface area (Å²) in [6.45, 7) is 2.03. The Morgan fingerprint density at radius 1 is 1.39 bits per heavy atom. The van der Waals surface area contributed by atoms with Crippen LogP contribution in [-0.4, -0.2) is 29.3 Å². The second kappa shape index (κ2) is 4.96. The molecule has 3 amide bonds. The van der Waals surface area contributed by atoms with Gasteiger partial charge in [-0.25, -0.2) is 9.69 Å². The number of rotatable bonds is 3. The lowest BCUT2D eigenvalue weighted by atomic mass is 10.0. The van der Waals surface area contributed by atoms with Crippen molar-refractivity contribution in [3.63, 3.8) is 0 Å². The van der Waals surface area contributed by atoms with E-state index in [0.717, 1.165) is 18.6 Å². The molecule has 1 aromatic carbocycles. The predicted molar refractivity (Wildman–Crippen MR) is 85.5 cm³/mol. The van der Waals surface area contributed by atoms with Crippen LogP contribution in [0.1, 0.15) is 26.2 Å². The SMILES string of the molecule is CCC1=NO[C@H]([C@@H]2C[C@@]23NC(=O)N(c2ccc(Cl)cc2)C3=O)C1. The molecule has 1 N–H and O–H groups in total. The maximum Gasteiger partial charge on any atom is 0.329 e. The highest BCUT2D eigenvalue weighted by Gasteiger charge is 2.70. The number of imide groups is 1. The van der Waals surface area contributed by atoms with Crippen LogP contribution in [0.5, 0.6) is 0 Å². The molecule has 1 saturated heterocycles. The van der Waals surface area contributed by atoms with E-state index in [4.69, 9.17) is 16.4 Å². The third-order valence-electron chi connectivity index (χ3n) is 4.83. The van der Waals surface area contributed by atoms with Gasteiger partial charge in [-0.2, -0.15) is 0 Å². The van der Waals surface area contributed by atoms with E-state index in [9.17, 15) is 9.59 Å². The third kappa shape index (κ3) is 2.12. The van der Waals surface area contributed by atoms with Crippen molar-refractivity contribution in [2.45, 2.75) is 37.8 Å². The number of oxime groups is 1. The molecule has 4 rings (SSSR count). The van der Waals surface area contributed by atoms with Crippen molar-refractivity contribution in [1.82, 2.24) is 5.32 Å². The summed E-state index contributed by atoms with van der Waals surface area (Å²) in [7, 11) is 0. The molecule has 0 unspecified atom stereocenters. The van der Waals surface area contributed by atoms with E-state index < -0.39 is 11.6 Å². The Morgan fingerprint density at radius 2 is 2.13 bits per heavy atom. The van der Waals surface area contributed by atoms with Crippen molar-refractivity contribution in [1.29, 1.82) is 0 Å². The molecule has 3 aliphatic rings. The minimum absolute atomic E-state index is 0.0240. The number of benzene rings is 1. The van der Waals surface area contributed by atoms with Crippen molar-refractivity contribution < 1.29 is 14.4 Å².